The number of nitrogens with one attached hydrogen (secondary N) is 1. The van der Waals surface area contributed by atoms with Crippen LogP contribution in [-0.4, -0.2) is 28.6 Å². The predicted octanol–water partition coefficient (Wildman–Crippen LogP) is 1.41. The molecule has 3 nitrogen and oxygen atoms in total. The monoisotopic (exact) mass is 209 g/mol. The quantitative estimate of drug-likeness (QED) is 0.762. The Kier molecular flexibility index (Phi) is 4.32. The van der Waals surface area contributed by atoms with Gasteiger partial charge in [-0.1, -0.05) is 6.07 Å². The molecule has 0 aliphatic carbocycles. The molecule has 0 spiro atoms. The summed E-state index contributed by atoms with van der Waals surface area (Å²) in [6.07, 6.45) is 3.62. The SMILES string of the molecule is CCNC(=S)N(C)Cc1cccnc1. The van der Waals surface area contributed by atoms with E-state index in [0.717, 1.165) is 23.8 Å². The van der Waals surface area contributed by atoms with Crippen LogP contribution in [0.15, 0.2) is 24.5 Å². The van der Waals surface area contributed by atoms with Crippen molar-refractivity contribution in [1.82, 2.24) is 15.2 Å². The molecule has 0 saturated carbocycles. The molecule has 0 saturated heterocycles. The van der Waals surface area contributed by atoms with Crippen LogP contribution < -0.4 is 5.32 Å². The first-order chi connectivity index (χ1) is 6.74. The molecule has 1 N–H and O–H groups in total. The first-order valence-corrected chi connectivity index (χ1v) is 5.02. The third-order valence-electron chi connectivity index (χ3n) is 1.82. The van der Waals surface area contributed by atoms with Crippen LogP contribution in [0.5, 0.6) is 0 Å². The lowest BCUT2D eigenvalue weighted by Crippen LogP contribution is -2.36. The van der Waals surface area contributed by atoms with Crippen LogP contribution in [0.2, 0.25) is 0 Å². The molecule has 0 unspecified atom stereocenters. The molecule has 1 rings (SSSR count). The van der Waals surface area contributed by atoms with Crippen LogP contribution in [0, 0.1) is 0 Å². The Hall–Kier alpha value is -1.16. The van der Waals surface area contributed by atoms with Crippen molar-refractivity contribution in [3.05, 3.63) is 30.1 Å². The van der Waals surface area contributed by atoms with Crippen LogP contribution in [0.1, 0.15) is 12.5 Å². The molecule has 0 aliphatic heterocycles. The Balaban J connectivity index is 2.49. The van der Waals surface area contributed by atoms with Crippen molar-refractivity contribution in [1.29, 1.82) is 0 Å². The van der Waals surface area contributed by atoms with E-state index in [-0.39, 0.29) is 0 Å². The van der Waals surface area contributed by atoms with E-state index < -0.39 is 0 Å². The van der Waals surface area contributed by atoms with Crippen molar-refractivity contribution in [2.24, 2.45) is 0 Å². The molecule has 0 aromatic carbocycles. The highest BCUT2D eigenvalue weighted by Gasteiger charge is 2.02. The third kappa shape index (κ3) is 3.30. The van der Waals surface area contributed by atoms with Crippen LogP contribution in [0.3, 0.4) is 0 Å². The Morgan fingerprint density at radius 2 is 2.43 bits per heavy atom. The first-order valence-electron chi connectivity index (χ1n) is 4.62. The summed E-state index contributed by atoms with van der Waals surface area (Å²) in [6, 6.07) is 3.97. The van der Waals surface area contributed by atoms with E-state index in [1.165, 1.54) is 0 Å². The second-order valence-corrected chi connectivity index (χ2v) is 3.44. The summed E-state index contributed by atoms with van der Waals surface area (Å²) >= 11 is 5.17. The number of nitrogens with zero attached hydrogens (tertiary/aromatic N) is 2. The summed E-state index contributed by atoms with van der Waals surface area (Å²) in [5.74, 6) is 0. The molecule has 1 aromatic heterocycles. The minimum atomic E-state index is 0.774. The minimum Gasteiger partial charge on any atom is -0.363 e. The van der Waals surface area contributed by atoms with Crippen molar-refractivity contribution in [3.8, 4) is 0 Å². The van der Waals surface area contributed by atoms with Crippen molar-refractivity contribution in [2.45, 2.75) is 13.5 Å². The van der Waals surface area contributed by atoms with Gasteiger partial charge in [-0.2, -0.15) is 0 Å². The largest absolute Gasteiger partial charge is 0.363 e. The number of hydrogen-bond donors (Lipinski definition) is 1. The average Bonchev–Trinajstić information content (AvgIpc) is 2.19. The first kappa shape index (κ1) is 10.9. The fourth-order valence-electron chi connectivity index (χ4n) is 1.12. The summed E-state index contributed by atoms with van der Waals surface area (Å²) in [5.41, 5.74) is 1.16. The molecule has 0 aliphatic rings. The molecule has 0 fully saturated rings. The van der Waals surface area contributed by atoms with Gasteiger partial charge in [0.1, 0.15) is 0 Å². The number of pyridine rings is 1. The van der Waals surface area contributed by atoms with E-state index in [4.69, 9.17) is 12.2 Å². The summed E-state index contributed by atoms with van der Waals surface area (Å²) in [6.45, 7) is 3.68. The second-order valence-electron chi connectivity index (χ2n) is 3.05. The fourth-order valence-corrected chi connectivity index (χ4v) is 1.33. The van der Waals surface area contributed by atoms with E-state index in [1.807, 2.05) is 37.2 Å². The van der Waals surface area contributed by atoms with Crippen molar-refractivity contribution < 1.29 is 0 Å². The maximum absolute atomic E-state index is 5.17. The minimum absolute atomic E-state index is 0.774. The molecule has 0 bridgehead atoms. The van der Waals surface area contributed by atoms with Gasteiger partial charge in [0.25, 0.3) is 0 Å². The highest BCUT2D eigenvalue weighted by Crippen LogP contribution is 2.00. The van der Waals surface area contributed by atoms with Gasteiger partial charge in [-0.05, 0) is 30.8 Å². The summed E-state index contributed by atoms with van der Waals surface area (Å²) in [4.78, 5) is 6.05. The highest BCUT2D eigenvalue weighted by molar-refractivity contribution is 7.80. The van der Waals surface area contributed by atoms with Crippen LogP contribution in [0.4, 0.5) is 0 Å². The van der Waals surface area contributed by atoms with Crippen LogP contribution in [0.25, 0.3) is 0 Å². The van der Waals surface area contributed by atoms with E-state index in [0.29, 0.717) is 0 Å². The summed E-state index contributed by atoms with van der Waals surface area (Å²) < 4.78 is 0. The molecule has 1 aromatic rings. The summed E-state index contributed by atoms with van der Waals surface area (Å²) in [7, 11) is 1.97. The molecular formula is C10H15N3S. The molecule has 0 amide bonds. The van der Waals surface area contributed by atoms with Gasteiger partial charge in [0.2, 0.25) is 0 Å². The van der Waals surface area contributed by atoms with Gasteiger partial charge in [-0.3, -0.25) is 4.98 Å². The van der Waals surface area contributed by atoms with Crippen molar-refractivity contribution in [2.75, 3.05) is 13.6 Å². The Labute approximate surface area is 90.1 Å². The molecule has 0 atom stereocenters. The average molecular weight is 209 g/mol. The zero-order chi connectivity index (χ0) is 10.4. The van der Waals surface area contributed by atoms with Gasteiger partial charge in [0.05, 0.1) is 0 Å². The van der Waals surface area contributed by atoms with E-state index in [2.05, 4.69) is 10.3 Å². The van der Waals surface area contributed by atoms with E-state index >= 15 is 0 Å². The van der Waals surface area contributed by atoms with Gasteiger partial charge in [0.15, 0.2) is 5.11 Å². The molecule has 4 heteroatoms. The van der Waals surface area contributed by atoms with E-state index in [1.54, 1.807) is 6.20 Å². The zero-order valence-electron chi connectivity index (χ0n) is 8.53. The Morgan fingerprint density at radius 1 is 1.64 bits per heavy atom. The van der Waals surface area contributed by atoms with Crippen molar-refractivity contribution >= 4 is 17.3 Å². The van der Waals surface area contributed by atoms with E-state index in [9.17, 15) is 0 Å². The normalized spacial score (nSPS) is 9.57. The lowest BCUT2D eigenvalue weighted by atomic mass is 10.3. The molecule has 76 valence electrons. The van der Waals surface area contributed by atoms with Gasteiger partial charge < -0.3 is 10.2 Å². The second kappa shape index (κ2) is 5.54. The number of rotatable bonds is 3. The lowest BCUT2D eigenvalue weighted by Gasteiger charge is -2.20. The molecular weight excluding hydrogens is 194 g/mol. The van der Waals surface area contributed by atoms with Gasteiger partial charge in [-0.25, -0.2) is 0 Å². The third-order valence-corrected chi connectivity index (χ3v) is 2.27. The Morgan fingerprint density at radius 3 is 3.00 bits per heavy atom. The predicted molar refractivity (Wildman–Crippen MR) is 62.0 cm³/mol. The molecule has 1 heterocycles. The van der Waals surface area contributed by atoms with Gasteiger partial charge >= 0.3 is 0 Å². The zero-order valence-corrected chi connectivity index (χ0v) is 9.34. The standard InChI is InChI=1S/C10H15N3S/c1-3-12-10(14)13(2)8-9-5-4-6-11-7-9/h4-7H,3,8H2,1-2H3,(H,12,14). The maximum Gasteiger partial charge on any atom is 0.168 e. The Bertz CT molecular complexity index is 287. The highest BCUT2D eigenvalue weighted by atomic mass is 32.1. The van der Waals surface area contributed by atoms with Crippen molar-refractivity contribution in [3.63, 3.8) is 0 Å². The van der Waals surface area contributed by atoms with Crippen LogP contribution >= 0.6 is 12.2 Å². The van der Waals surface area contributed by atoms with Gasteiger partial charge in [-0.15, -0.1) is 0 Å². The number of hydrogen-bond acceptors (Lipinski definition) is 2. The lowest BCUT2D eigenvalue weighted by molar-refractivity contribution is 0.490. The topological polar surface area (TPSA) is 28.2 Å². The van der Waals surface area contributed by atoms with Gasteiger partial charge in [0, 0.05) is 32.5 Å². The smallest absolute Gasteiger partial charge is 0.168 e. The number of aromatic nitrogens is 1. The fraction of sp³-hybridized carbons (Fsp3) is 0.400. The van der Waals surface area contributed by atoms with Crippen LogP contribution in [-0.2, 0) is 6.54 Å². The summed E-state index contributed by atoms with van der Waals surface area (Å²) in [5, 5.41) is 3.88. The molecule has 14 heavy (non-hydrogen) atoms. The number of thiocarbonyl (C=S) groups is 1. The maximum atomic E-state index is 5.17. The molecule has 0 radical (unpaired) electrons.